The molecular weight excluding hydrogens is 208 g/mol. The average molecular weight is 232 g/mol. The van der Waals surface area contributed by atoms with Crippen LogP contribution in [-0.4, -0.2) is 5.71 Å². The number of nitrogens with two attached hydrogens (primary N) is 1. The summed E-state index contributed by atoms with van der Waals surface area (Å²) < 4.78 is 0. The quantitative estimate of drug-likeness (QED) is 0.429. The maximum Gasteiger partial charge on any atom is 0.0421 e. The standard InChI is InChI=1S/C11H12N2.2C2H6/c1-4-9-5-7(2)6-10(13)11(9)8(3)12;2*1-2/h1,5-6,12H,13H2,2-3H3;2*1-2H3. The summed E-state index contributed by atoms with van der Waals surface area (Å²) in [4.78, 5) is 0. The lowest BCUT2D eigenvalue weighted by Gasteiger charge is -2.07. The second kappa shape index (κ2) is 9.47. The van der Waals surface area contributed by atoms with Crippen LogP contribution in [-0.2, 0) is 0 Å². The molecule has 1 aromatic carbocycles. The minimum Gasteiger partial charge on any atom is -0.398 e. The third kappa shape index (κ3) is 5.21. The van der Waals surface area contributed by atoms with Gasteiger partial charge in [0.2, 0.25) is 0 Å². The molecule has 0 unspecified atom stereocenters. The van der Waals surface area contributed by atoms with E-state index in [2.05, 4.69) is 5.92 Å². The van der Waals surface area contributed by atoms with Crippen LogP contribution in [0.5, 0.6) is 0 Å². The van der Waals surface area contributed by atoms with Gasteiger partial charge in [0.15, 0.2) is 0 Å². The topological polar surface area (TPSA) is 49.9 Å². The molecule has 0 saturated heterocycles. The van der Waals surface area contributed by atoms with E-state index in [0.717, 1.165) is 5.56 Å². The highest BCUT2D eigenvalue weighted by Crippen LogP contribution is 2.19. The lowest BCUT2D eigenvalue weighted by Crippen LogP contribution is -2.03. The summed E-state index contributed by atoms with van der Waals surface area (Å²) >= 11 is 0. The van der Waals surface area contributed by atoms with Gasteiger partial charge >= 0.3 is 0 Å². The molecule has 0 spiro atoms. The number of hydrogen-bond donors (Lipinski definition) is 2. The van der Waals surface area contributed by atoms with Crippen LogP contribution in [0.3, 0.4) is 0 Å². The van der Waals surface area contributed by atoms with Gasteiger partial charge in [0.25, 0.3) is 0 Å². The van der Waals surface area contributed by atoms with Crippen molar-refractivity contribution < 1.29 is 0 Å². The SMILES string of the molecule is C#Cc1cc(C)cc(N)c1C(C)=N.CC.CC. The highest BCUT2D eigenvalue weighted by molar-refractivity contribution is 6.03. The largest absolute Gasteiger partial charge is 0.398 e. The van der Waals surface area contributed by atoms with Crippen LogP contribution < -0.4 is 5.73 Å². The fraction of sp³-hybridized carbons (Fsp3) is 0.400. The van der Waals surface area contributed by atoms with Crippen molar-refractivity contribution in [2.75, 3.05) is 5.73 Å². The summed E-state index contributed by atoms with van der Waals surface area (Å²) in [5, 5.41) is 7.52. The minimum atomic E-state index is 0.408. The number of nitrogens with one attached hydrogen (secondary N) is 1. The molecule has 17 heavy (non-hydrogen) atoms. The Bertz CT molecular complexity index is 398. The van der Waals surface area contributed by atoms with Gasteiger partial charge in [-0.25, -0.2) is 0 Å². The third-order valence-corrected chi connectivity index (χ3v) is 1.84. The van der Waals surface area contributed by atoms with Crippen LogP contribution in [0.15, 0.2) is 12.1 Å². The molecular formula is C15H24N2. The van der Waals surface area contributed by atoms with E-state index in [4.69, 9.17) is 17.6 Å². The molecule has 94 valence electrons. The average Bonchev–Trinajstić information content (AvgIpc) is 2.32. The Hall–Kier alpha value is -1.75. The molecule has 2 heteroatoms. The Morgan fingerprint density at radius 2 is 1.71 bits per heavy atom. The van der Waals surface area contributed by atoms with E-state index in [-0.39, 0.29) is 0 Å². The first-order valence-corrected chi connectivity index (χ1v) is 5.98. The monoisotopic (exact) mass is 232 g/mol. The van der Waals surface area contributed by atoms with E-state index < -0.39 is 0 Å². The fourth-order valence-electron chi connectivity index (χ4n) is 1.35. The van der Waals surface area contributed by atoms with Gasteiger partial charge in [0.05, 0.1) is 0 Å². The predicted molar refractivity (Wildman–Crippen MR) is 78.7 cm³/mol. The molecule has 0 bridgehead atoms. The zero-order chi connectivity index (χ0) is 14.0. The Kier molecular flexibility index (Phi) is 9.83. The maximum atomic E-state index is 7.52. The smallest absolute Gasteiger partial charge is 0.0421 e. The van der Waals surface area contributed by atoms with E-state index in [0.29, 0.717) is 22.5 Å². The van der Waals surface area contributed by atoms with E-state index in [1.807, 2.05) is 46.8 Å². The zero-order valence-electron chi connectivity index (χ0n) is 11.8. The molecule has 0 aliphatic heterocycles. The Balaban J connectivity index is 0. The van der Waals surface area contributed by atoms with Crippen LogP contribution in [0.4, 0.5) is 5.69 Å². The number of nitrogen functional groups attached to an aromatic ring is 1. The number of hydrogen-bond acceptors (Lipinski definition) is 2. The van der Waals surface area contributed by atoms with Gasteiger partial charge in [-0.05, 0) is 31.5 Å². The lowest BCUT2D eigenvalue weighted by atomic mass is 9.99. The number of anilines is 1. The van der Waals surface area contributed by atoms with Crippen LogP contribution in [0.2, 0.25) is 0 Å². The van der Waals surface area contributed by atoms with Crippen LogP contribution in [0.25, 0.3) is 0 Å². The van der Waals surface area contributed by atoms with E-state index in [9.17, 15) is 0 Å². The molecule has 2 nitrogen and oxygen atoms in total. The maximum absolute atomic E-state index is 7.52. The van der Waals surface area contributed by atoms with Crippen LogP contribution in [0.1, 0.15) is 51.3 Å². The molecule has 0 aliphatic carbocycles. The molecule has 0 saturated carbocycles. The van der Waals surface area contributed by atoms with Crippen molar-refractivity contribution in [3.05, 3.63) is 28.8 Å². The molecule has 1 rings (SSSR count). The van der Waals surface area contributed by atoms with Crippen molar-refractivity contribution in [1.29, 1.82) is 5.41 Å². The molecule has 0 heterocycles. The number of benzene rings is 1. The molecule has 0 radical (unpaired) electrons. The van der Waals surface area contributed by atoms with Crippen molar-refractivity contribution >= 4 is 11.4 Å². The fourth-order valence-corrected chi connectivity index (χ4v) is 1.35. The minimum absolute atomic E-state index is 0.408. The molecule has 3 N–H and O–H groups in total. The summed E-state index contributed by atoms with van der Waals surface area (Å²) in [5.41, 5.74) is 9.15. The Morgan fingerprint density at radius 1 is 1.24 bits per heavy atom. The summed E-state index contributed by atoms with van der Waals surface area (Å²) in [6.07, 6.45) is 5.32. The van der Waals surface area contributed by atoms with Gasteiger partial charge in [-0.3, -0.25) is 0 Å². The van der Waals surface area contributed by atoms with Gasteiger partial charge in [0.1, 0.15) is 0 Å². The number of rotatable bonds is 1. The number of terminal acetylenes is 1. The van der Waals surface area contributed by atoms with Crippen molar-refractivity contribution in [2.24, 2.45) is 0 Å². The van der Waals surface area contributed by atoms with Gasteiger partial charge in [0, 0.05) is 22.5 Å². The summed E-state index contributed by atoms with van der Waals surface area (Å²) in [6.45, 7) is 11.6. The normalized spacial score (nSPS) is 7.82. The molecule has 0 amide bonds. The predicted octanol–water partition coefficient (Wildman–Crippen LogP) is 4.00. The van der Waals surface area contributed by atoms with Crippen LogP contribution in [0, 0.1) is 24.7 Å². The summed E-state index contributed by atoms with van der Waals surface area (Å²) in [5.74, 6) is 2.54. The first-order chi connectivity index (χ1) is 8.06. The second-order valence-electron chi connectivity index (χ2n) is 3.05. The van der Waals surface area contributed by atoms with E-state index >= 15 is 0 Å². The van der Waals surface area contributed by atoms with Crippen molar-refractivity contribution in [2.45, 2.75) is 41.5 Å². The van der Waals surface area contributed by atoms with Crippen molar-refractivity contribution in [1.82, 2.24) is 0 Å². The second-order valence-corrected chi connectivity index (χ2v) is 3.05. The van der Waals surface area contributed by atoms with E-state index in [1.54, 1.807) is 6.92 Å². The summed E-state index contributed by atoms with van der Waals surface area (Å²) in [6, 6.07) is 3.69. The van der Waals surface area contributed by atoms with Gasteiger partial charge in [-0.15, -0.1) is 6.42 Å². The molecule has 1 aromatic rings. The molecule has 0 fully saturated rings. The molecule has 0 aliphatic rings. The lowest BCUT2D eigenvalue weighted by molar-refractivity contribution is 1.40. The van der Waals surface area contributed by atoms with Crippen molar-refractivity contribution in [3.63, 3.8) is 0 Å². The highest BCUT2D eigenvalue weighted by Gasteiger charge is 2.07. The van der Waals surface area contributed by atoms with Gasteiger partial charge in [-0.2, -0.15) is 0 Å². The number of aryl methyl sites for hydroxylation is 1. The first kappa shape index (κ1) is 17.6. The zero-order valence-corrected chi connectivity index (χ0v) is 11.8. The van der Waals surface area contributed by atoms with Gasteiger partial charge < -0.3 is 11.1 Å². The molecule has 0 aromatic heterocycles. The van der Waals surface area contributed by atoms with Gasteiger partial charge in [-0.1, -0.05) is 33.6 Å². The van der Waals surface area contributed by atoms with E-state index in [1.165, 1.54) is 0 Å². The Labute approximate surface area is 106 Å². The summed E-state index contributed by atoms with van der Waals surface area (Å²) in [7, 11) is 0. The third-order valence-electron chi connectivity index (χ3n) is 1.84. The Morgan fingerprint density at radius 3 is 2.06 bits per heavy atom. The molecule has 0 atom stereocenters. The van der Waals surface area contributed by atoms with Crippen molar-refractivity contribution in [3.8, 4) is 12.3 Å². The first-order valence-electron chi connectivity index (χ1n) is 5.98. The van der Waals surface area contributed by atoms with Crippen LogP contribution >= 0.6 is 0 Å². The highest BCUT2D eigenvalue weighted by atomic mass is 14.6.